The summed E-state index contributed by atoms with van der Waals surface area (Å²) in [7, 11) is 3.06. The monoisotopic (exact) mass is 398 g/mol. The quantitative estimate of drug-likeness (QED) is 0.670. The molecule has 1 aromatic heterocycles. The summed E-state index contributed by atoms with van der Waals surface area (Å²) in [4.78, 5) is 39.2. The second-order valence-electron chi connectivity index (χ2n) is 6.72. The van der Waals surface area contributed by atoms with Crippen LogP contribution in [0.15, 0.2) is 46.0 Å². The van der Waals surface area contributed by atoms with E-state index in [0.29, 0.717) is 35.5 Å². The standard InChI is InChI=1S/C21H23FN4O3/c1-5-26(6-2)16-12-18-17(24(3)20(28)21(29)25(18)4)11-15(16)23-19(27)13-8-7-9-14(22)10-13/h7-12H,5-6H2,1-4H3,(H,23,27). The number of hydrogen-bond acceptors (Lipinski definition) is 4. The van der Waals surface area contributed by atoms with Gasteiger partial charge in [0.05, 0.1) is 22.4 Å². The van der Waals surface area contributed by atoms with Gasteiger partial charge in [-0.2, -0.15) is 0 Å². The summed E-state index contributed by atoms with van der Waals surface area (Å²) < 4.78 is 16.1. The average Bonchev–Trinajstić information content (AvgIpc) is 2.72. The van der Waals surface area contributed by atoms with E-state index in [0.717, 1.165) is 6.07 Å². The van der Waals surface area contributed by atoms with E-state index in [1.165, 1.54) is 34.4 Å². The van der Waals surface area contributed by atoms with E-state index in [1.54, 1.807) is 19.2 Å². The lowest BCUT2D eigenvalue weighted by atomic mass is 10.1. The highest BCUT2D eigenvalue weighted by molar-refractivity contribution is 6.07. The predicted octanol–water partition coefficient (Wildman–Crippen LogP) is 2.47. The Kier molecular flexibility index (Phi) is 5.54. The van der Waals surface area contributed by atoms with E-state index < -0.39 is 22.8 Å². The molecule has 3 aromatic rings. The Morgan fingerprint density at radius 1 is 1.00 bits per heavy atom. The summed E-state index contributed by atoms with van der Waals surface area (Å²) in [6.45, 7) is 5.30. The molecular formula is C21H23FN4O3. The van der Waals surface area contributed by atoms with Gasteiger partial charge in [-0.25, -0.2) is 4.39 Å². The molecule has 1 N–H and O–H groups in total. The zero-order chi connectivity index (χ0) is 21.3. The lowest BCUT2D eigenvalue weighted by Gasteiger charge is -2.25. The summed E-state index contributed by atoms with van der Waals surface area (Å²) in [5.41, 5.74) is 1.17. The maximum absolute atomic E-state index is 13.5. The number of aromatic nitrogens is 2. The van der Waals surface area contributed by atoms with Crippen LogP contribution in [0.2, 0.25) is 0 Å². The van der Waals surface area contributed by atoms with Gasteiger partial charge in [0.1, 0.15) is 5.82 Å². The molecule has 0 atom stereocenters. The molecule has 1 heterocycles. The van der Waals surface area contributed by atoms with Crippen molar-refractivity contribution < 1.29 is 9.18 Å². The highest BCUT2D eigenvalue weighted by Gasteiger charge is 2.18. The highest BCUT2D eigenvalue weighted by atomic mass is 19.1. The Morgan fingerprint density at radius 3 is 2.14 bits per heavy atom. The zero-order valence-corrected chi connectivity index (χ0v) is 16.8. The first-order valence-electron chi connectivity index (χ1n) is 9.34. The fraction of sp³-hybridized carbons (Fsp3) is 0.286. The second-order valence-corrected chi connectivity index (χ2v) is 6.72. The number of carbonyl (C=O) groups excluding carboxylic acids is 1. The Hall–Kier alpha value is -3.42. The van der Waals surface area contributed by atoms with Crippen LogP contribution < -0.4 is 21.3 Å². The Morgan fingerprint density at radius 2 is 1.59 bits per heavy atom. The van der Waals surface area contributed by atoms with E-state index in [9.17, 15) is 18.8 Å². The van der Waals surface area contributed by atoms with Gasteiger partial charge in [-0.05, 0) is 44.2 Å². The van der Waals surface area contributed by atoms with Crippen molar-refractivity contribution in [3.63, 3.8) is 0 Å². The number of benzene rings is 2. The largest absolute Gasteiger partial charge is 0.370 e. The molecule has 2 aromatic carbocycles. The normalized spacial score (nSPS) is 10.9. The maximum atomic E-state index is 13.5. The van der Waals surface area contributed by atoms with Crippen molar-refractivity contribution >= 4 is 28.3 Å². The first-order chi connectivity index (χ1) is 13.8. The molecule has 0 saturated carbocycles. The maximum Gasteiger partial charge on any atom is 0.316 e. The van der Waals surface area contributed by atoms with E-state index >= 15 is 0 Å². The molecule has 152 valence electrons. The fourth-order valence-corrected chi connectivity index (χ4v) is 3.36. The van der Waals surface area contributed by atoms with Crippen LogP contribution in [0.3, 0.4) is 0 Å². The molecule has 1 amide bonds. The van der Waals surface area contributed by atoms with Crippen LogP contribution >= 0.6 is 0 Å². The summed E-state index contributed by atoms with van der Waals surface area (Å²) in [5.74, 6) is -0.968. The summed E-state index contributed by atoms with van der Waals surface area (Å²) in [5, 5.41) is 2.83. The van der Waals surface area contributed by atoms with Gasteiger partial charge in [-0.3, -0.25) is 14.4 Å². The number of halogens is 1. The number of rotatable bonds is 5. The zero-order valence-electron chi connectivity index (χ0n) is 16.8. The van der Waals surface area contributed by atoms with Gasteiger partial charge in [0, 0.05) is 32.7 Å². The van der Waals surface area contributed by atoms with Gasteiger partial charge in [0.25, 0.3) is 5.91 Å². The van der Waals surface area contributed by atoms with E-state index in [2.05, 4.69) is 5.32 Å². The number of nitrogens with one attached hydrogen (secondary N) is 1. The number of anilines is 2. The number of nitrogens with zero attached hydrogens (tertiary/aromatic N) is 3. The molecule has 0 unspecified atom stereocenters. The second kappa shape index (κ2) is 7.90. The van der Waals surface area contributed by atoms with Crippen LogP contribution in [0.4, 0.5) is 15.8 Å². The van der Waals surface area contributed by atoms with Crippen molar-refractivity contribution in [2.75, 3.05) is 23.3 Å². The summed E-state index contributed by atoms with van der Waals surface area (Å²) in [6, 6.07) is 8.87. The third-order valence-electron chi connectivity index (χ3n) is 5.05. The van der Waals surface area contributed by atoms with Crippen LogP contribution in [0.25, 0.3) is 11.0 Å². The molecule has 0 saturated heterocycles. The molecule has 0 aliphatic heterocycles. The number of amides is 1. The van der Waals surface area contributed by atoms with Crippen molar-refractivity contribution in [1.29, 1.82) is 0 Å². The van der Waals surface area contributed by atoms with Gasteiger partial charge >= 0.3 is 11.1 Å². The Bertz CT molecular complexity index is 1210. The van der Waals surface area contributed by atoms with Gasteiger partial charge in [0.15, 0.2) is 0 Å². The third kappa shape index (κ3) is 3.65. The first kappa shape index (κ1) is 20.3. The van der Waals surface area contributed by atoms with Crippen molar-refractivity contribution in [1.82, 2.24) is 9.13 Å². The van der Waals surface area contributed by atoms with Gasteiger partial charge in [-0.15, -0.1) is 0 Å². The lowest BCUT2D eigenvalue weighted by Crippen LogP contribution is -2.39. The Labute approximate surface area is 167 Å². The van der Waals surface area contributed by atoms with Crippen LogP contribution in [0.1, 0.15) is 24.2 Å². The van der Waals surface area contributed by atoms with Gasteiger partial charge in [0.2, 0.25) is 0 Å². The summed E-state index contributed by atoms with van der Waals surface area (Å²) >= 11 is 0. The molecular weight excluding hydrogens is 375 g/mol. The number of hydrogen-bond donors (Lipinski definition) is 1. The molecule has 0 radical (unpaired) electrons. The van der Waals surface area contributed by atoms with E-state index in [-0.39, 0.29) is 5.56 Å². The minimum absolute atomic E-state index is 0.185. The summed E-state index contributed by atoms with van der Waals surface area (Å²) in [6.07, 6.45) is 0. The predicted molar refractivity (Wildman–Crippen MR) is 112 cm³/mol. The lowest BCUT2D eigenvalue weighted by molar-refractivity contribution is 0.102. The van der Waals surface area contributed by atoms with Crippen molar-refractivity contribution in [2.45, 2.75) is 13.8 Å². The average molecular weight is 398 g/mol. The molecule has 3 rings (SSSR count). The van der Waals surface area contributed by atoms with Crippen LogP contribution in [-0.4, -0.2) is 28.1 Å². The van der Waals surface area contributed by atoms with Crippen LogP contribution in [0.5, 0.6) is 0 Å². The van der Waals surface area contributed by atoms with Gasteiger partial charge in [-0.1, -0.05) is 6.07 Å². The number of fused-ring (bicyclic) bond motifs is 1. The smallest absolute Gasteiger partial charge is 0.316 e. The van der Waals surface area contributed by atoms with Gasteiger partial charge < -0.3 is 19.4 Å². The molecule has 0 fully saturated rings. The van der Waals surface area contributed by atoms with Crippen molar-refractivity contribution in [3.8, 4) is 0 Å². The molecule has 0 aliphatic rings. The van der Waals surface area contributed by atoms with Crippen molar-refractivity contribution in [2.24, 2.45) is 14.1 Å². The molecule has 8 heteroatoms. The number of carbonyl (C=O) groups is 1. The SMILES string of the molecule is CCN(CC)c1cc2c(cc1NC(=O)c1cccc(F)c1)n(C)c(=O)c(=O)n2C. The molecule has 0 spiro atoms. The molecule has 7 nitrogen and oxygen atoms in total. The number of aryl methyl sites for hydroxylation is 2. The van der Waals surface area contributed by atoms with Crippen molar-refractivity contribution in [3.05, 3.63) is 68.5 Å². The topological polar surface area (TPSA) is 76.3 Å². The van der Waals surface area contributed by atoms with E-state index in [4.69, 9.17) is 0 Å². The van der Waals surface area contributed by atoms with Crippen LogP contribution in [-0.2, 0) is 14.1 Å². The third-order valence-corrected chi connectivity index (χ3v) is 5.05. The van der Waals surface area contributed by atoms with E-state index in [1.807, 2.05) is 18.7 Å². The minimum Gasteiger partial charge on any atom is -0.370 e. The fourth-order valence-electron chi connectivity index (χ4n) is 3.36. The Balaban J connectivity index is 2.23. The molecule has 0 aliphatic carbocycles. The molecule has 29 heavy (non-hydrogen) atoms. The highest BCUT2D eigenvalue weighted by Crippen LogP contribution is 2.31. The van der Waals surface area contributed by atoms with Crippen LogP contribution in [0, 0.1) is 5.82 Å². The first-order valence-corrected chi connectivity index (χ1v) is 9.34. The molecule has 0 bridgehead atoms. The minimum atomic E-state index is -0.655.